The van der Waals surface area contributed by atoms with Gasteiger partial charge < -0.3 is 5.32 Å². The summed E-state index contributed by atoms with van der Waals surface area (Å²) in [5.41, 5.74) is 5.51. The van der Waals surface area contributed by atoms with Gasteiger partial charge in [-0.3, -0.25) is 4.79 Å². The summed E-state index contributed by atoms with van der Waals surface area (Å²) in [7, 11) is 0. The summed E-state index contributed by atoms with van der Waals surface area (Å²) in [5, 5.41) is 3.34. The summed E-state index contributed by atoms with van der Waals surface area (Å²) >= 11 is 1.52. The predicted octanol–water partition coefficient (Wildman–Crippen LogP) is 6.34. The Morgan fingerprint density at radius 2 is 1.48 bits per heavy atom. The molecule has 2 aliphatic carbocycles. The molecule has 1 fully saturated rings. The van der Waals surface area contributed by atoms with E-state index in [4.69, 9.17) is 4.40 Å². The highest BCUT2D eigenvalue weighted by molar-refractivity contribution is 7.99. The van der Waals surface area contributed by atoms with Gasteiger partial charge in [0.25, 0.3) is 5.91 Å². The van der Waals surface area contributed by atoms with Crippen LogP contribution in [-0.2, 0) is 4.79 Å². The van der Waals surface area contributed by atoms with Crippen LogP contribution in [0.25, 0.3) is 11.1 Å². The summed E-state index contributed by atoms with van der Waals surface area (Å²) in [4.78, 5) is 13.5. The molecule has 2 aliphatic rings. The topological polar surface area (TPSA) is 41.5 Å². The molecule has 2 aromatic carbocycles. The van der Waals surface area contributed by atoms with Crippen LogP contribution in [0, 0.1) is 5.92 Å². The number of hydrogen-bond donors (Lipinski definition) is 1. The molecule has 0 heterocycles. The number of fused-ring (bicyclic) bond motifs is 3. The van der Waals surface area contributed by atoms with Crippen molar-refractivity contribution in [1.29, 1.82) is 0 Å². The summed E-state index contributed by atoms with van der Waals surface area (Å²) in [6.45, 7) is 6.42. The largest absolute Gasteiger partial charge is 0.340 e. The van der Waals surface area contributed by atoms with E-state index in [-0.39, 0.29) is 22.6 Å². The lowest BCUT2D eigenvalue weighted by Crippen LogP contribution is -2.38. The number of rotatable bonds is 4. The van der Waals surface area contributed by atoms with Gasteiger partial charge >= 0.3 is 0 Å². The molecular formula is C25H30N2OS. The molecule has 3 nitrogen and oxygen atoms in total. The van der Waals surface area contributed by atoms with Crippen molar-refractivity contribution in [3.8, 4) is 11.1 Å². The van der Waals surface area contributed by atoms with E-state index in [9.17, 15) is 4.79 Å². The molecule has 0 saturated heterocycles. The molecule has 0 aliphatic heterocycles. The van der Waals surface area contributed by atoms with Crippen molar-refractivity contribution < 1.29 is 4.79 Å². The monoisotopic (exact) mass is 406 g/mol. The van der Waals surface area contributed by atoms with Crippen LogP contribution in [-0.4, -0.2) is 16.4 Å². The second-order valence-electron chi connectivity index (χ2n) is 9.10. The standard InChI is InChI=1S/C25H30N2OS/c1-25(2,3)29-27-22(17-11-5-4-6-12-17)24(28)26-23-20-15-9-7-13-18(20)19-14-8-10-16-21(19)23/h7-10,13-17,23H,4-6,11-12H2,1-3H3,(H,26,28)/b27-22+. The van der Waals surface area contributed by atoms with Gasteiger partial charge in [-0.1, -0.05) is 67.8 Å². The van der Waals surface area contributed by atoms with E-state index in [0.717, 1.165) is 18.6 Å². The number of benzene rings is 2. The van der Waals surface area contributed by atoms with Gasteiger partial charge in [-0.2, -0.15) is 0 Å². The van der Waals surface area contributed by atoms with Crippen LogP contribution in [0.15, 0.2) is 52.9 Å². The minimum atomic E-state index is -0.108. The van der Waals surface area contributed by atoms with Crippen LogP contribution < -0.4 is 5.32 Å². The lowest BCUT2D eigenvalue weighted by atomic mass is 9.85. The van der Waals surface area contributed by atoms with Gasteiger partial charge in [-0.05, 0) is 67.8 Å². The van der Waals surface area contributed by atoms with Crippen LogP contribution in [0.1, 0.15) is 70.0 Å². The van der Waals surface area contributed by atoms with Crippen LogP contribution >= 0.6 is 11.9 Å². The van der Waals surface area contributed by atoms with E-state index in [0.29, 0.717) is 0 Å². The normalized spacial score (nSPS) is 17.7. The summed E-state index contributed by atoms with van der Waals surface area (Å²) in [5.74, 6) is 0.260. The van der Waals surface area contributed by atoms with Crippen molar-refractivity contribution in [3.05, 3.63) is 59.7 Å². The van der Waals surface area contributed by atoms with E-state index < -0.39 is 0 Å². The Morgan fingerprint density at radius 3 is 2.03 bits per heavy atom. The Labute approximate surface area is 178 Å². The first-order chi connectivity index (χ1) is 13.9. The second kappa shape index (κ2) is 8.35. The highest BCUT2D eigenvalue weighted by Gasteiger charge is 2.32. The highest BCUT2D eigenvalue weighted by Crippen LogP contribution is 2.43. The molecule has 0 spiro atoms. The second-order valence-corrected chi connectivity index (χ2v) is 10.7. The van der Waals surface area contributed by atoms with Crippen molar-refractivity contribution in [3.63, 3.8) is 0 Å². The number of carbonyl (C=O) groups excluding carboxylic acids is 1. The van der Waals surface area contributed by atoms with Gasteiger partial charge in [-0.25, -0.2) is 4.40 Å². The lowest BCUT2D eigenvalue weighted by molar-refractivity contribution is -0.115. The van der Waals surface area contributed by atoms with Crippen LogP contribution in [0.4, 0.5) is 0 Å². The van der Waals surface area contributed by atoms with E-state index in [2.05, 4.69) is 74.6 Å². The SMILES string of the molecule is CC(C)(C)S/N=C(/C(=O)NC1c2ccccc2-c2ccccc21)C1CCCCC1. The van der Waals surface area contributed by atoms with E-state index in [1.807, 2.05) is 0 Å². The van der Waals surface area contributed by atoms with Crippen LogP contribution in [0.2, 0.25) is 0 Å². The van der Waals surface area contributed by atoms with Crippen molar-refractivity contribution in [2.75, 3.05) is 0 Å². The molecule has 0 aromatic heterocycles. The quantitative estimate of drug-likeness (QED) is 0.475. The maximum atomic E-state index is 13.5. The highest BCUT2D eigenvalue weighted by atomic mass is 32.2. The fourth-order valence-electron chi connectivity index (χ4n) is 4.38. The van der Waals surface area contributed by atoms with E-state index >= 15 is 0 Å². The van der Waals surface area contributed by atoms with Gasteiger partial charge in [0.05, 0.1) is 6.04 Å². The Hall–Kier alpha value is -2.07. The fraction of sp³-hybridized carbons (Fsp3) is 0.440. The predicted molar refractivity (Wildman–Crippen MR) is 123 cm³/mol. The Kier molecular flexibility index (Phi) is 5.82. The molecule has 2 aromatic rings. The zero-order chi connectivity index (χ0) is 20.4. The number of hydrogen-bond acceptors (Lipinski definition) is 3. The molecule has 29 heavy (non-hydrogen) atoms. The van der Waals surface area contributed by atoms with Gasteiger partial charge in [0.2, 0.25) is 0 Å². The number of carbonyl (C=O) groups is 1. The van der Waals surface area contributed by atoms with Gasteiger partial charge in [0.15, 0.2) is 0 Å². The van der Waals surface area contributed by atoms with Gasteiger partial charge in [0.1, 0.15) is 5.71 Å². The first-order valence-corrected chi connectivity index (χ1v) is 11.5. The Bertz CT molecular complexity index is 877. The Morgan fingerprint density at radius 1 is 0.931 bits per heavy atom. The average Bonchev–Trinajstić information content (AvgIpc) is 3.02. The minimum Gasteiger partial charge on any atom is -0.340 e. The molecule has 152 valence electrons. The van der Waals surface area contributed by atoms with E-state index in [1.54, 1.807) is 0 Å². The van der Waals surface area contributed by atoms with Crippen LogP contribution in [0.3, 0.4) is 0 Å². The minimum absolute atomic E-state index is 0.00719. The third-order valence-corrected chi connectivity index (χ3v) is 6.59. The van der Waals surface area contributed by atoms with Crippen LogP contribution in [0.5, 0.6) is 0 Å². The van der Waals surface area contributed by atoms with Gasteiger partial charge in [0, 0.05) is 10.7 Å². The molecule has 0 unspecified atom stereocenters. The Balaban J connectivity index is 1.63. The first kappa shape index (κ1) is 20.2. The maximum Gasteiger partial charge on any atom is 0.267 e. The fourth-order valence-corrected chi connectivity index (χ4v) is 4.98. The molecule has 4 rings (SSSR count). The van der Waals surface area contributed by atoms with Crippen molar-refractivity contribution in [1.82, 2.24) is 5.32 Å². The van der Waals surface area contributed by atoms with Crippen molar-refractivity contribution in [2.24, 2.45) is 10.3 Å². The molecule has 0 atom stereocenters. The zero-order valence-electron chi connectivity index (χ0n) is 17.6. The average molecular weight is 407 g/mol. The summed E-state index contributed by atoms with van der Waals surface area (Å²) in [6.07, 6.45) is 5.77. The molecule has 0 bridgehead atoms. The molecule has 4 heteroatoms. The number of amides is 1. The zero-order valence-corrected chi connectivity index (χ0v) is 18.4. The van der Waals surface area contributed by atoms with Gasteiger partial charge in [-0.15, -0.1) is 0 Å². The third kappa shape index (κ3) is 4.42. The van der Waals surface area contributed by atoms with Crippen molar-refractivity contribution in [2.45, 2.75) is 63.7 Å². The first-order valence-electron chi connectivity index (χ1n) is 10.7. The molecule has 1 amide bonds. The maximum absolute atomic E-state index is 13.5. The lowest BCUT2D eigenvalue weighted by Gasteiger charge is -2.25. The molecule has 1 saturated carbocycles. The number of nitrogens with one attached hydrogen (secondary N) is 1. The summed E-state index contributed by atoms with van der Waals surface area (Å²) in [6, 6.07) is 16.7. The molecular weight excluding hydrogens is 376 g/mol. The molecule has 0 radical (unpaired) electrons. The number of nitrogens with zero attached hydrogens (tertiary/aromatic N) is 1. The van der Waals surface area contributed by atoms with Crippen molar-refractivity contribution >= 4 is 23.6 Å². The third-order valence-electron chi connectivity index (χ3n) is 5.75. The summed E-state index contributed by atoms with van der Waals surface area (Å²) < 4.78 is 4.79. The molecule has 1 N–H and O–H groups in total. The smallest absolute Gasteiger partial charge is 0.267 e. The van der Waals surface area contributed by atoms with E-state index in [1.165, 1.54) is 53.5 Å².